The van der Waals surface area contributed by atoms with Gasteiger partial charge in [-0.2, -0.15) is 5.10 Å². The van der Waals surface area contributed by atoms with Gasteiger partial charge < -0.3 is 4.57 Å². The van der Waals surface area contributed by atoms with Crippen molar-refractivity contribution in [2.45, 2.75) is 19.9 Å². The van der Waals surface area contributed by atoms with E-state index in [1.54, 1.807) is 0 Å². The minimum Gasteiger partial charge on any atom is -0.341 e. The fourth-order valence-electron chi connectivity index (χ4n) is 2.48. The Balaban J connectivity index is 2.06. The van der Waals surface area contributed by atoms with Gasteiger partial charge in [-0.25, -0.2) is 0 Å². The van der Waals surface area contributed by atoms with Crippen LogP contribution in [0, 0.1) is 0 Å². The molecule has 3 aromatic rings. The molecule has 2 heterocycles. The van der Waals surface area contributed by atoms with Gasteiger partial charge in [-0.15, -0.1) is 0 Å². The van der Waals surface area contributed by atoms with E-state index in [9.17, 15) is 0 Å². The second kappa shape index (κ2) is 5.26. The fourth-order valence-corrected chi connectivity index (χ4v) is 3.32. The first-order chi connectivity index (χ1) is 9.61. The monoisotopic (exact) mass is 351 g/mol. The molecule has 0 atom stereocenters. The molecule has 0 saturated carbocycles. The van der Waals surface area contributed by atoms with Crippen LogP contribution in [-0.2, 0) is 20.0 Å². The maximum Gasteiger partial charge on any atom is 0.0868 e. The van der Waals surface area contributed by atoms with Crippen molar-refractivity contribution in [3.8, 4) is 0 Å². The molecule has 0 aliphatic heterocycles. The van der Waals surface area contributed by atoms with E-state index in [-0.39, 0.29) is 0 Å². The minimum absolute atomic E-state index is 0.724. The Bertz CT molecular complexity index is 773. The topological polar surface area (TPSA) is 22.8 Å². The molecule has 0 unspecified atom stereocenters. The Morgan fingerprint density at radius 3 is 2.80 bits per heavy atom. The van der Waals surface area contributed by atoms with Crippen LogP contribution in [0.5, 0.6) is 0 Å². The van der Waals surface area contributed by atoms with Gasteiger partial charge in [0.1, 0.15) is 0 Å². The summed E-state index contributed by atoms with van der Waals surface area (Å²) in [5.41, 5.74) is 3.19. The molecule has 1 aromatic carbocycles. The number of hydrogen-bond donors (Lipinski definition) is 0. The van der Waals surface area contributed by atoms with Gasteiger partial charge in [-0.1, -0.05) is 40.5 Å². The van der Waals surface area contributed by atoms with Gasteiger partial charge in [0, 0.05) is 28.6 Å². The number of benzene rings is 1. The molecule has 0 radical (unpaired) electrons. The average Bonchev–Trinajstić information content (AvgIpc) is 2.96. The lowest BCUT2D eigenvalue weighted by atomic mass is 10.2. The summed E-state index contributed by atoms with van der Waals surface area (Å²) in [6, 6.07) is 8.33. The second-order valence-electron chi connectivity index (χ2n) is 4.80. The van der Waals surface area contributed by atoms with E-state index in [0.717, 1.165) is 33.8 Å². The predicted molar refractivity (Wildman–Crippen MR) is 86.3 cm³/mol. The summed E-state index contributed by atoms with van der Waals surface area (Å²) < 4.78 is 5.19. The highest BCUT2D eigenvalue weighted by Gasteiger charge is 2.14. The SMILES string of the molecule is CCc1nn(C)c(Cn2ccc3c(Br)cccc32)c1Cl. The van der Waals surface area contributed by atoms with Crippen LogP contribution in [0.15, 0.2) is 34.9 Å². The van der Waals surface area contributed by atoms with Crippen molar-refractivity contribution in [3.63, 3.8) is 0 Å². The number of nitrogens with zero attached hydrogens (tertiary/aromatic N) is 3. The van der Waals surface area contributed by atoms with Gasteiger partial charge in [0.05, 0.1) is 23.0 Å². The maximum absolute atomic E-state index is 6.42. The smallest absolute Gasteiger partial charge is 0.0868 e. The molecule has 0 amide bonds. The van der Waals surface area contributed by atoms with Crippen LogP contribution in [0.3, 0.4) is 0 Å². The normalized spacial score (nSPS) is 11.4. The highest BCUT2D eigenvalue weighted by molar-refractivity contribution is 9.10. The Morgan fingerprint density at radius 1 is 1.30 bits per heavy atom. The summed E-state index contributed by atoms with van der Waals surface area (Å²) in [5.74, 6) is 0. The number of aromatic nitrogens is 3. The molecular weight excluding hydrogens is 338 g/mol. The number of halogens is 2. The van der Waals surface area contributed by atoms with Crippen LogP contribution >= 0.6 is 27.5 Å². The third-order valence-corrected chi connectivity index (χ3v) is 4.71. The van der Waals surface area contributed by atoms with E-state index >= 15 is 0 Å². The second-order valence-corrected chi connectivity index (χ2v) is 6.03. The van der Waals surface area contributed by atoms with Crippen LogP contribution < -0.4 is 0 Å². The molecule has 0 fully saturated rings. The van der Waals surface area contributed by atoms with Crippen molar-refractivity contribution in [2.75, 3.05) is 0 Å². The highest BCUT2D eigenvalue weighted by atomic mass is 79.9. The summed E-state index contributed by atoms with van der Waals surface area (Å²) in [6.07, 6.45) is 2.94. The molecule has 104 valence electrons. The number of aryl methyl sites for hydroxylation is 2. The van der Waals surface area contributed by atoms with Crippen LogP contribution in [0.4, 0.5) is 0 Å². The van der Waals surface area contributed by atoms with E-state index in [4.69, 9.17) is 11.6 Å². The average molecular weight is 353 g/mol. The molecule has 20 heavy (non-hydrogen) atoms. The zero-order valence-electron chi connectivity index (χ0n) is 11.4. The molecule has 0 spiro atoms. The van der Waals surface area contributed by atoms with Crippen LogP contribution in [0.2, 0.25) is 5.02 Å². The van der Waals surface area contributed by atoms with E-state index in [2.05, 4.69) is 56.9 Å². The lowest BCUT2D eigenvalue weighted by Crippen LogP contribution is -2.05. The van der Waals surface area contributed by atoms with Gasteiger partial charge >= 0.3 is 0 Å². The third kappa shape index (κ3) is 2.17. The van der Waals surface area contributed by atoms with Crippen molar-refractivity contribution >= 4 is 38.4 Å². The Labute approximate surface area is 131 Å². The summed E-state index contributed by atoms with van der Waals surface area (Å²) in [7, 11) is 1.95. The molecule has 2 aromatic heterocycles. The summed E-state index contributed by atoms with van der Waals surface area (Å²) in [6.45, 7) is 2.79. The van der Waals surface area contributed by atoms with Gasteiger partial charge in [-0.3, -0.25) is 4.68 Å². The summed E-state index contributed by atoms with van der Waals surface area (Å²) in [4.78, 5) is 0. The first kappa shape index (κ1) is 13.7. The molecule has 0 aliphatic carbocycles. The molecule has 3 rings (SSSR count). The summed E-state index contributed by atoms with van der Waals surface area (Å²) in [5, 5.41) is 6.46. The minimum atomic E-state index is 0.724. The largest absolute Gasteiger partial charge is 0.341 e. The zero-order valence-corrected chi connectivity index (χ0v) is 13.7. The van der Waals surface area contributed by atoms with Gasteiger partial charge in [0.15, 0.2) is 0 Å². The van der Waals surface area contributed by atoms with Crippen molar-refractivity contribution in [3.05, 3.63) is 51.3 Å². The van der Waals surface area contributed by atoms with Gasteiger partial charge in [-0.05, 0) is 24.6 Å². The lowest BCUT2D eigenvalue weighted by molar-refractivity contribution is 0.670. The van der Waals surface area contributed by atoms with Crippen LogP contribution in [0.1, 0.15) is 18.3 Å². The Morgan fingerprint density at radius 2 is 2.10 bits per heavy atom. The maximum atomic E-state index is 6.42. The third-order valence-electron chi connectivity index (χ3n) is 3.58. The molecule has 0 aliphatic rings. The van der Waals surface area contributed by atoms with Crippen molar-refractivity contribution in [1.82, 2.24) is 14.3 Å². The van der Waals surface area contributed by atoms with Gasteiger partial charge in [0.25, 0.3) is 0 Å². The molecule has 0 saturated heterocycles. The van der Waals surface area contributed by atoms with E-state index in [1.807, 2.05) is 17.8 Å². The number of hydrogen-bond acceptors (Lipinski definition) is 1. The van der Waals surface area contributed by atoms with Crippen LogP contribution in [-0.4, -0.2) is 14.3 Å². The number of rotatable bonds is 3. The fraction of sp³-hybridized carbons (Fsp3) is 0.267. The van der Waals surface area contributed by atoms with E-state index in [1.165, 1.54) is 10.9 Å². The quantitative estimate of drug-likeness (QED) is 0.685. The van der Waals surface area contributed by atoms with E-state index in [0.29, 0.717) is 0 Å². The van der Waals surface area contributed by atoms with Crippen LogP contribution in [0.25, 0.3) is 10.9 Å². The molecule has 0 N–H and O–H groups in total. The first-order valence-corrected chi connectivity index (χ1v) is 7.72. The lowest BCUT2D eigenvalue weighted by Gasteiger charge is -2.07. The standard InChI is InChI=1S/C15H15BrClN3/c1-3-12-15(17)14(19(2)18-12)9-20-8-7-10-11(16)5-4-6-13(10)20/h4-8H,3,9H2,1-2H3. The zero-order chi connectivity index (χ0) is 14.3. The van der Waals surface area contributed by atoms with Crippen molar-refractivity contribution in [1.29, 1.82) is 0 Å². The molecule has 3 nitrogen and oxygen atoms in total. The van der Waals surface area contributed by atoms with Crippen molar-refractivity contribution < 1.29 is 0 Å². The Hall–Kier alpha value is -1.26. The van der Waals surface area contributed by atoms with Crippen molar-refractivity contribution in [2.24, 2.45) is 7.05 Å². The summed E-state index contributed by atoms with van der Waals surface area (Å²) >= 11 is 10.0. The molecular formula is C15H15BrClN3. The first-order valence-electron chi connectivity index (χ1n) is 6.55. The number of fused-ring (bicyclic) bond motifs is 1. The molecule has 0 bridgehead atoms. The van der Waals surface area contributed by atoms with E-state index < -0.39 is 0 Å². The Kier molecular flexibility index (Phi) is 3.61. The van der Waals surface area contributed by atoms with Gasteiger partial charge in [0.2, 0.25) is 0 Å². The molecule has 5 heteroatoms. The predicted octanol–water partition coefficient (Wildman–Crippen LogP) is 4.40. The highest BCUT2D eigenvalue weighted by Crippen LogP contribution is 2.27.